The smallest absolute Gasteiger partial charge is 0.270 e. The van der Waals surface area contributed by atoms with Crippen molar-refractivity contribution in [3.63, 3.8) is 0 Å². The fourth-order valence-electron chi connectivity index (χ4n) is 1.79. The number of benzene rings is 1. The van der Waals surface area contributed by atoms with Gasteiger partial charge in [0.25, 0.3) is 5.69 Å². The number of aliphatic hydroxyl groups is 1. The molecule has 0 heterocycles. The molecule has 6 heteroatoms. The number of rotatable bonds is 5. The summed E-state index contributed by atoms with van der Waals surface area (Å²) in [5.74, 6) is 0. The predicted molar refractivity (Wildman–Crippen MR) is 73.4 cm³/mol. The molecule has 18 heavy (non-hydrogen) atoms. The van der Waals surface area contributed by atoms with Gasteiger partial charge in [-0.25, -0.2) is 0 Å². The van der Waals surface area contributed by atoms with Gasteiger partial charge in [-0.1, -0.05) is 15.9 Å². The van der Waals surface area contributed by atoms with Crippen LogP contribution in [-0.2, 0) is 6.54 Å². The van der Waals surface area contributed by atoms with Crippen LogP contribution in [0.1, 0.15) is 19.4 Å². The Hall–Kier alpha value is -0.980. The van der Waals surface area contributed by atoms with Crippen molar-refractivity contribution in [3.05, 3.63) is 38.3 Å². The van der Waals surface area contributed by atoms with E-state index in [1.54, 1.807) is 19.9 Å². The van der Waals surface area contributed by atoms with E-state index in [0.717, 1.165) is 5.56 Å². The Kier molecular flexibility index (Phi) is 4.84. The highest BCUT2D eigenvalue weighted by atomic mass is 79.9. The SMILES string of the molecule is CN(Cc1ccc([N+](=O)[O-])cc1Br)CC(C)(C)O. The molecule has 0 unspecified atom stereocenters. The largest absolute Gasteiger partial charge is 0.389 e. The molecule has 0 aliphatic carbocycles. The van der Waals surface area contributed by atoms with Gasteiger partial charge < -0.3 is 5.11 Å². The van der Waals surface area contributed by atoms with Crippen LogP contribution in [0.3, 0.4) is 0 Å². The third-order valence-corrected chi connectivity index (χ3v) is 3.08. The summed E-state index contributed by atoms with van der Waals surface area (Å²) in [4.78, 5) is 12.2. The summed E-state index contributed by atoms with van der Waals surface area (Å²) in [6.45, 7) is 4.63. The lowest BCUT2D eigenvalue weighted by Gasteiger charge is -2.25. The van der Waals surface area contributed by atoms with E-state index in [0.29, 0.717) is 17.6 Å². The number of hydrogen-bond donors (Lipinski definition) is 1. The van der Waals surface area contributed by atoms with Crippen molar-refractivity contribution in [2.45, 2.75) is 26.0 Å². The zero-order valence-corrected chi connectivity index (χ0v) is 12.3. The maximum atomic E-state index is 10.6. The summed E-state index contributed by atoms with van der Waals surface area (Å²) < 4.78 is 0.708. The van der Waals surface area contributed by atoms with Crippen LogP contribution in [0.4, 0.5) is 5.69 Å². The van der Waals surface area contributed by atoms with E-state index in [1.165, 1.54) is 12.1 Å². The highest BCUT2D eigenvalue weighted by Gasteiger charge is 2.17. The molecule has 1 aromatic rings. The molecule has 0 saturated heterocycles. The van der Waals surface area contributed by atoms with Crippen LogP contribution in [-0.4, -0.2) is 34.1 Å². The van der Waals surface area contributed by atoms with Gasteiger partial charge in [0.2, 0.25) is 0 Å². The van der Waals surface area contributed by atoms with Gasteiger partial charge in [-0.3, -0.25) is 15.0 Å². The van der Waals surface area contributed by atoms with Crippen molar-refractivity contribution >= 4 is 21.6 Å². The molecular weight excluding hydrogens is 300 g/mol. The van der Waals surface area contributed by atoms with Crippen molar-refractivity contribution in [2.24, 2.45) is 0 Å². The molecule has 0 aliphatic heterocycles. The minimum atomic E-state index is -0.762. The normalized spacial score (nSPS) is 11.9. The van der Waals surface area contributed by atoms with Gasteiger partial charge in [-0.15, -0.1) is 0 Å². The van der Waals surface area contributed by atoms with E-state index >= 15 is 0 Å². The molecule has 100 valence electrons. The summed E-state index contributed by atoms with van der Waals surface area (Å²) in [6.07, 6.45) is 0. The molecule has 0 bridgehead atoms. The van der Waals surface area contributed by atoms with Crippen LogP contribution in [0, 0.1) is 10.1 Å². The molecule has 0 atom stereocenters. The maximum Gasteiger partial charge on any atom is 0.270 e. The Morgan fingerprint density at radius 1 is 1.50 bits per heavy atom. The van der Waals surface area contributed by atoms with Crippen LogP contribution in [0.2, 0.25) is 0 Å². The van der Waals surface area contributed by atoms with Crippen LogP contribution in [0.25, 0.3) is 0 Å². The molecule has 1 aromatic carbocycles. The van der Waals surface area contributed by atoms with E-state index < -0.39 is 10.5 Å². The van der Waals surface area contributed by atoms with Gasteiger partial charge in [0.05, 0.1) is 10.5 Å². The number of hydrogen-bond acceptors (Lipinski definition) is 4. The molecule has 0 amide bonds. The topological polar surface area (TPSA) is 66.6 Å². The van der Waals surface area contributed by atoms with Crippen LogP contribution >= 0.6 is 15.9 Å². The number of likely N-dealkylation sites (N-methyl/N-ethyl adjacent to an activating group) is 1. The molecule has 0 fully saturated rings. The number of halogens is 1. The van der Waals surface area contributed by atoms with Crippen molar-refractivity contribution in [1.82, 2.24) is 4.90 Å². The summed E-state index contributed by atoms with van der Waals surface area (Å²) in [6, 6.07) is 4.70. The van der Waals surface area contributed by atoms with Gasteiger partial charge in [-0.2, -0.15) is 0 Å². The zero-order chi connectivity index (χ0) is 13.9. The van der Waals surface area contributed by atoms with Crippen molar-refractivity contribution < 1.29 is 10.0 Å². The molecule has 0 aliphatic rings. The van der Waals surface area contributed by atoms with E-state index in [-0.39, 0.29) is 5.69 Å². The summed E-state index contributed by atoms with van der Waals surface area (Å²) in [7, 11) is 1.89. The standard InChI is InChI=1S/C12H17BrN2O3/c1-12(2,16)8-14(3)7-9-4-5-10(15(17)18)6-11(9)13/h4-6,16H,7-8H2,1-3H3. The Bertz CT molecular complexity index is 443. The Morgan fingerprint density at radius 3 is 2.56 bits per heavy atom. The summed E-state index contributed by atoms with van der Waals surface area (Å²) in [5, 5.41) is 20.3. The van der Waals surface area contributed by atoms with Crippen LogP contribution in [0.5, 0.6) is 0 Å². The lowest BCUT2D eigenvalue weighted by Crippen LogP contribution is -2.35. The zero-order valence-electron chi connectivity index (χ0n) is 10.7. The Labute approximate surface area is 115 Å². The maximum absolute atomic E-state index is 10.6. The van der Waals surface area contributed by atoms with Crippen molar-refractivity contribution in [3.8, 4) is 0 Å². The van der Waals surface area contributed by atoms with E-state index in [9.17, 15) is 15.2 Å². The van der Waals surface area contributed by atoms with Crippen molar-refractivity contribution in [1.29, 1.82) is 0 Å². The average molecular weight is 317 g/mol. The molecule has 0 saturated carbocycles. The second-order valence-corrected chi connectivity index (χ2v) is 5.87. The third kappa shape index (κ3) is 4.72. The fourth-order valence-corrected chi connectivity index (χ4v) is 2.28. The van der Waals surface area contributed by atoms with Gasteiger partial charge >= 0.3 is 0 Å². The number of nitrogens with zero attached hydrogens (tertiary/aromatic N) is 2. The molecule has 1 rings (SSSR count). The molecule has 0 spiro atoms. The molecule has 0 aromatic heterocycles. The molecule has 5 nitrogen and oxygen atoms in total. The number of non-ortho nitro benzene ring substituents is 1. The average Bonchev–Trinajstić information content (AvgIpc) is 2.17. The minimum Gasteiger partial charge on any atom is -0.389 e. The van der Waals surface area contributed by atoms with Crippen LogP contribution in [0.15, 0.2) is 22.7 Å². The Morgan fingerprint density at radius 2 is 2.11 bits per heavy atom. The third-order valence-electron chi connectivity index (χ3n) is 2.34. The van der Waals surface area contributed by atoms with E-state index in [1.807, 2.05) is 11.9 Å². The highest BCUT2D eigenvalue weighted by molar-refractivity contribution is 9.10. The Balaban J connectivity index is 2.77. The molecular formula is C12H17BrN2O3. The predicted octanol–water partition coefficient (Wildman–Crippen LogP) is 2.56. The lowest BCUT2D eigenvalue weighted by molar-refractivity contribution is -0.384. The highest BCUT2D eigenvalue weighted by Crippen LogP contribution is 2.24. The first kappa shape index (κ1) is 15.1. The number of nitro groups is 1. The van der Waals surface area contributed by atoms with Crippen LogP contribution < -0.4 is 0 Å². The minimum absolute atomic E-state index is 0.0655. The first-order valence-electron chi connectivity index (χ1n) is 5.53. The second-order valence-electron chi connectivity index (χ2n) is 5.02. The van der Waals surface area contributed by atoms with E-state index in [4.69, 9.17) is 0 Å². The molecule has 1 N–H and O–H groups in total. The van der Waals surface area contributed by atoms with Gasteiger partial charge in [0, 0.05) is 29.7 Å². The monoisotopic (exact) mass is 316 g/mol. The molecule has 0 radical (unpaired) electrons. The second kappa shape index (κ2) is 5.77. The van der Waals surface area contributed by atoms with E-state index in [2.05, 4.69) is 15.9 Å². The lowest BCUT2D eigenvalue weighted by atomic mass is 10.1. The first-order chi connectivity index (χ1) is 8.19. The summed E-state index contributed by atoms with van der Waals surface area (Å²) in [5.41, 5.74) is 0.255. The van der Waals surface area contributed by atoms with Gasteiger partial charge in [-0.05, 0) is 32.5 Å². The van der Waals surface area contributed by atoms with Gasteiger partial charge in [0.1, 0.15) is 0 Å². The van der Waals surface area contributed by atoms with Gasteiger partial charge in [0.15, 0.2) is 0 Å². The first-order valence-corrected chi connectivity index (χ1v) is 6.32. The number of nitro benzene ring substituents is 1. The quantitative estimate of drug-likeness (QED) is 0.669. The fraction of sp³-hybridized carbons (Fsp3) is 0.500. The van der Waals surface area contributed by atoms with Crippen molar-refractivity contribution in [2.75, 3.05) is 13.6 Å². The summed E-state index contributed by atoms with van der Waals surface area (Å²) >= 11 is 3.33.